The molecule has 1 aromatic rings. The summed E-state index contributed by atoms with van der Waals surface area (Å²) in [7, 11) is 0. The van der Waals surface area contributed by atoms with Gasteiger partial charge in [-0.2, -0.15) is 0 Å². The van der Waals surface area contributed by atoms with E-state index in [4.69, 9.17) is 0 Å². The smallest absolute Gasteiger partial charge is 0.123 e. The molecule has 0 aliphatic rings. The first-order chi connectivity index (χ1) is 6.72. The molecule has 0 aliphatic carbocycles. The van der Waals surface area contributed by atoms with Crippen molar-refractivity contribution in [1.82, 2.24) is 0 Å². The van der Waals surface area contributed by atoms with Gasteiger partial charge in [-0.3, -0.25) is 0 Å². The highest BCUT2D eigenvalue weighted by Crippen LogP contribution is 2.25. The quantitative estimate of drug-likeness (QED) is 0.803. The van der Waals surface area contributed by atoms with Crippen LogP contribution in [0, 0.1) is 5.82 Å². The first-order valence-electron chi connectivity index (χ1n) is 4.91. The molecule has 1 rings (SSSR count). The maximum Gasteiger partial charge on any atom is 0.123 e. The highest BCUT2D eigenvalue weighted by molar-refractivity contribution is 5.19. The minimum atomic E-state index is -1.28. The largest absolute Gasteiger partial charge is 0.387 e. The Morgan fingerprint density at radius 3 is 2.27 bits per heavy atom. The second-order valence-corrected chi connectivity index (χ2v) is 4.64. The van der Waals surface area contributed by atoms with Crippen molar-refractivity contribution in [2.75, 3.05) is 0 Å². The Hall–Kier alpha value is -0.930. The van der Waals surface area contributed by atoms with Crippen LogP contribution in [0.2, 0.25) is 0 Å². The third-order valence-corrected chi connectivity index (χ3v) is 2.76. The summed E-state index contributed by atoms with van der Waals surface area (Å²) in [6, 6.07) is 6.02. The van der Waals surface area contributed by atoms with E-state index in [-0.39, 0.29) is 12.2 Å². The van der Waals surface area contributed by atoms with Gasteiger partial charge in [0, 0.05) is 6.42 Å². The topological polar surface area (TPSA) is 40.5 Å². The molecule has 1 aromatic carbocycles. The Kier molecular flexibility index (Phi) is 3.16. The summed E-state index contributed by atoms with van der Waals surface area (Å²) in [6.45, 7) is 4.61. The van der Waals surface area contributed by atoms with Crippen molar-refractivity contribution >= 4 is 0 Å². The molecule has 0 saturated carbocycles. The molecule has 84 valence electrons. The highest BCUT2D eigenvalue weighted by atomic mass is 19.1. The van der Waals surface area contributed by atoms with E-state index in [9.17, 15) is 14.6 Å². The summed E-state index contributed by atoms with van der Waals surface area (Å²) in [5.41, 5.74) is -1.83. The molecule has 0 saturated heterocycles. The summed E-state index contributed by atoms with van der Waals surface area (Å²) in [5.74, 6) is -0.334. The van der Waals surface area contributed by atoms with E-state index >= 15 is 0 Å². The molecule has 0 heterocycles. The van der Waals surface area contributed by atoms with Gasteiger partial charge in [-0.1, -0.05) is 12.1 Å². The number of halogens is 1. The Morgan fingerprint density at radius 1 is 1.20 bits per heavy atom. The molecule has 0 aromatic heterocycles. The predicted molar refractivity (Wildman–Crippen MR) is 57.0 cm³/mol. The van der Waals surface area contributed by atoms with Gasteiger partial charge in [0.1, 0.15) is 5.82 Å². The van der Waals surface area contributed by atoms with Crippen molar-refractivity contribution in [3.63, 3.8) is 0 Å². The fourth-order valence-electron chi connectivity index (χ4n) is 1.26. The third-order valence-electron chi connectivity index (χ3n) is 2.76. The molecule has 0 aliphatic heterocycles. The fraction of sp³-hybridized carbons (Fsp3) is 0.500. The second-order valence-electron chi connectivity index (χ2n) is 4.64. The lowest BCUT2D eigenvalue weighted by atomic mass is 9.82. The number of aliphatic hydroxyl groups is 2. The fourth-order valence-corrected chi connectivity index (χ4v) is 1.26. The second kappa shape index (κ2) is 3.91. The lowest BCUT2D eigenvalue weighted by molar-refractivity contribution is -0.118. The van der Waals surface area contributed by atoms with Gasteiger partial charge < -0.3 is 10.2 Å². The summed E-state index contributed by atoms with van der Waals surface area (Å²) < 4.78 is 12.9. The summed E-state index contributed by atoms with van der Waals surface area (Å²) >= 11 is 0. The van der Waals surface area contributed by atoms with Gasteiger partial charge in [0.25, 0.3) is 0 Å². The van der Waals surface area contributed by atoms with E-state index in [1.807, 2.05) is 0 Å². The minimum absolute atomic E-state index is 0.217. The van der Waals surface area contributed by atoms with Crippen LogP contribution in [-0.4, -0.2) is 21.4 Å². The van der Waals surface area contributed by atoms with Crippen LogP contribution in [0.15, 0.2) is 24.3 Å². The Morgan fingerprint density at radius 2 is 1.80 bits per heavy atom. The van der Waals surface area contributed by atoms with Crippen LogP contribution in [0.25, 0.3) is 0 Å². The van der Waals surface area contributed by atoms with Gasteiger partial charge in [-0.15, -0.1) is 0 Å². The van der Waals surface area contributed by atoms with Crippen LogP contribution in [-0.2, 0) is 6.42 Å². The van der Waals surface area contributed by atoms with E-state index in [1.54, 1.807) is 12.1 Å². The molecule has 2 nitrogen and oxygen atoms in total. The number of benzene rings is 1. The van der Waals surface area contributed by atoms with Gasteiger partial charge in [-0.05, 0) is 38.5 Å². The third kappa shape index (κ3) is 3.01. The number of rotatable bonds is 3. The normalized spacial score (nSPS) is 16.1. The van der Waals surface area contributed by atoms with Gasteiger partial charge in [0.05, 0.1) is 11.2 Å². The van der Waals surface area contributed by atoms with Gasteiger partial charge >= 0.3 is 0 Å². The van der Waals surface area contributed by atoms with Gasteiger partial charge in [-0.25, -0.2) is 4.39 Å². The molecule has 0 bridgehead atoms. The maximum atomic E-state index is 12.9. The van der Waals surface area contributed by atoms with Crippen molar-refractivity contribution < 1.29 is 14.6 Å². The molecule has 0 radical (unpaired) electrons. The molecule has 3 heteroatoms. The van der Waals surface area contributed by atoms with Gasteiger partial charge in [0.15, 0.2) is 0 Å². The van der Waals surface area contributed by atoms with E-state index < -0.39 is 11.2 Å². The zero-order valence-electron chi connectivity index (χ0n) is 9.29. The molecule has 1 unspecified atom stereocenters. The lowest BCUT2D eigenvalue weighted by Crippen LogP contribution is -2.49. The Bertz CT molecular complexity index is 340. The van der Waals surface area contributed by atoms with Crippen molar-refractivity contribution in [3.05, 3.63) is 35.6 Å². The summed E-state index contributed by atoms with van der Waals surface area (Å²) in [6.07, 6.45) is 0.217. The molecular formula is C12H17FO2. The minimum Gasteiger partial charge on any atom is -0.387 e. The summed E-state index contributed by atoms with van der Waals surface area (Å²) in [4.78, 5) is 0. The molecule has 15 heavy (non-hydrogen) atoms. The van der Waals surface area contributed by atoms with E-state index in [1.165, 1.54) is 32.9 Å². The van der Waals surface area contributed by atoms with Gasteiger partial charge in [0.2, 0.25) is 0 Å². The molecule has 0 fully saturated rings. The molecule has 0 spiro atoms. The zero-order chi connectivity index (χ0) is 11.7. The average molecular weight is 212 g/mol. The number of hydrogen-bond acceptors (Lipinski definition) is 2. The van der Waals surface area contributed by atoms with Crippen molar-refractivity contribution in [1.29, 1.82) is 0 Å². The van der Waals surface area contributed by atoms with Crippen LogP contribution in [0.4, 0.5) is 4.39 Å². The molecular weight excluding hydrogens is 195 g/mol. The van der Waals surface area contributed by atoms with Crippen LogP contribution >= 0.6 is 0 Å². The van der Waals surface area contributed by atoms with Crippen molar-refractivity contribution in [3.8, 4) is 0 Å². The monoisotopic (exact) mass is 212 g/mol. The SMILES string of the molecule is CC(C)(O)C(C)(O)Cc1cccc(F)c1. The van der Waals surface area contributed by atoms with E-state index in [0.717, 1.165) is 0 Å². The lowest BCUT2D eigenvalue weighted by Gasteiger charge is -2.35. The maximum absolute atomic E-state index is 12.9. The van der Waals surface area contributed by atoms with Crippen molar-refractivity contribution in [2.45, 2.75) is 38.4 Å². The van der Waals surface area contributed by atoms with Crippen LogP contribution < -0.4 is 0 Å². The first-order valence-corrected chi connectivity index (χ1v) is 4.91. The standard InChI is InChI=1S/C12H17FO2/c1-11(2,14)12(3,15)8-9-5-4-6-10(13)7-9/h4-7,14-15H,8H2,1-3H3. The predicted octanol–water partition coefficient (Wildman–Crippen LogP) is 1.89. The molecule has 2 N–H and O–H groups in total. The molecule has 1 atom stereocenters. The van der Waals surface area contributed by atoms with Crippen LogP contribution in [0.5, 0.6) is 0 Å². The Balaban J connectivity index is 2.87. The van der Waals surface area contributed by atoms with Crippen molar-refractivity contribution in [2.24, 2.45) is 0 Å². The first kappa shape index (κ1) is 12.1. The van der Waals surface area contributed by atoms with E-state index in [0.29, 0.717) is 5.56 Å². The molecule has 0 amide bonds. The zero-order valence-corrected chi connectivity index (χ0v) is 9.29. The highest BCUT2D eigenvalue weighted by Gasteiger charge is 2.37. The van der Waals surface area contributed by atoms with Crippen LogP contribution in [0.3, 0.4) is 0 Å². The average Bonchev–Trinajstić information content (AvgIpc) is 2.00. The number of hydrogen-bond donors (Lipinski definition) is 2. The van der Waals surface area contributed by atoms with E-state index in [2.05, 4.69) is 0 Å². The Labute approximate surface area is 89.4 Å². The van der Waals surface area contributed by atoms with Crippen LogP contribution in [0.1, 0.15) is 26.3 Å². The summed E-state index contributed by atoms with van der Waals surface area (Å²) in [5, 5.41) is 19.8.